The van der Waals surface area contributed by atoms with E-state index in [1.807, 2.05) is 0 Å². The molecule has 144 valence electrons. The SMILES string of the molecule is Cc1cc(C(=O)NCCCN2CCCC2=O)c2c(=O)n(C)c(=O)n(C)c2n1. The summed E-state index contributed by atoms with van der Waals surface area (Å²) in [5.74, 6) is -0.240. The molecule has 1 aliphatic heterocycles. The Kier molecular flexibility index (Phi) is 5.11. The lowest BCUT2D eigenvalue weighted by Crippen LogP contribution is -2.39. The van der Waals surface area contributed by atoms with Gasteiger partial charge in [0.25, 0.3) is 11.5 Å². The van der Waals surface area contributed by atoms with Crippen LogP contribution in [0.2, 0.25) is 0 Å². The van der Waals surface area contributed by atoms with Crippen LogP contribution in [-0.4, -0.2) is 50.5 Å². The zero-order valence-corrected chi connectivity index (χ0v) is 15.7. The molecule has 0 aliphatic carbocycles. The van der Waals surface area contributed by atoms with Crippen molar-refractivity contribution in [1.82, 2.24) is 24.3 Å². The van der Waals surface area contributed by atoms with Gasteiger partial charge in [-0.25, -0.2) is 9.78 Å². The lowest BCUT2D eigenvalue weighted by molar-refractivity contribution is -0.127. The summed E-state index contributed by atoms with van der Waals surface area (Å²) in [4.78, 5) is 55.0. The van der Waals surface area contributed by atoms with Gasteiger partial charge >= 0.3 is 5.69 Å². The van der Waals surface area contributed by atoms with Crippen molar-refractivity contribution in [3.8, 4) is 0 Å². The third-order valence-electron chi connectivity index (χ3n) is 4.84. The number of carbonyl (C=O) groups excluding carboxylic acids is 2. The predicted octanol–water partition coefficient (Wildman–Crippen LogP) is -0.317. The second-order valence-corrected chi connectivity index (χ2v) is 6.81. The van der Waals surface area contributed by atoms with Crippen LogP contribution in [0.4, 0.5) is 0 Å². The Morgan fingerprint density at radius 1 is 1.22 bits per heavy atom. The number of carbonyl (C=O) groups is 2. The second-order valence-electron chi connectivity index (χ2n) is 6.81. The third kappa shape index (κ3) is 3.49. The molecule has 2 aromatic heterocycles. The Morgan fingerprint density at radius 3 is 2.63 bits per heavy atom. The number of likely N-dealkylation sites (tertiary alicyclic amines) is 1. The van der Waals surface area contributed by atoms with Crippen molar-refractivity contribution in [2.24, 2.45) is 14.1 Å². The summed E-state index contributed by atoms with van der Waals surface area (Å²) < 4.78 is 2.23. The molecule has 1 saturated heterocycles. The predicted molar refractivity (Wildman–Crippen MR) is 99.7 cm³/mol. The van der Waals surface area contributed by atoms with Gasteiger partial charge in [-0.05, 0) is 25.8 Å². The van der Waals surface area contributed by atoms with E-state index in [1.54, 1.807) is 17.9 Å². The molecule has 3 heterocycles. The fraction of sp³-hybridized carbons (Fsp3) is 0.500. The first-order valence-corrected chi connectivity index (χ1v) is 8.94. The fourth-order valence-electron chi connectivity index (χ4n) is 3.37. The zero-order valence-electron chi connectivity index (χ0n) is 15.7. The lowest BCUT2D eigenvalue weighted by Gasteiger charge is -2.15. The van der Waals surface area contributed by atoms with Crippen LogP contribution in [0.15, 0.2) is 15.7 Å². The van der Waals surface area contributed by atoms with E-state index in [0.717, 1.165) is 17.5 Å². The van der Waals surface area contributed by atoms with Crippen molar-refractivity contribution >= 4 is 22.8 Å². The Bertz CT molecular complexity index is 1040. The highest BCUT2D eigenvalue weighted by molar-refractivity contribution is 6.05. The largest absolute Gasteiger partial charge is 0.352 e. The van der Waals surface area contributed by atoms with Gasteiger partial charge in [-0.3, -0.25) is 23.5 Å². The average molecular weight is 373 g/mol. The molecular formula is C18H23N5O4. The van der Waals surface area contributed by atoms with Gasteiger partial charge in [0.2, 0.25) is 5.91 Å². The molecule has 0 aromatic carbocycles. The van der Waals surface area contributed by atoms with Gasteiger partial charge in [-0.2, -0.15) is 0 Å². The number of fused-ring (bicyclic) bond motifs is 1. The molecule has 27 heavy (non-hydrogen) atoms. The quantitative estimate of drug-likeness (QED) is 0.723. The van der Waals surface area contributed by atoms with Crippen LogP contribution in [0.3, 0.4) is 0 Å². The number of hydrogen-bond donors (Lipinski definition) is 1. The summed E-state index contributed by atoms with van der Waals surface area (Å²) in [6.07, 6.45) is 2.11. The van der Waals surface area contributed by atoms with Crippen molar-refractivity contribution in [2.45, 2.75) is 26.2 Å². The van der Waals surface area contributed by atoms with Gasteiger partial charge in [0.05, 0.1) is 10.9 Å². The van der Waals surface area contributed by atoms with Gasteiger partial charge < -0.3 is 10.2 Å². The van der Waals surface area contributed by atoms with E-state index in [-0.39, 0.29) is 22.5 Å². The monoisotopic (exact) mass is 373 g/mol. The molecule has 2 amide bonds. The van der Waals surface area contributed by atoms with Crippen LogP contribution < -0.4 is 16.6 Å². The lowest BCUT2D eigenvalue weighted by atomic mass is 10.1. The van der Waals surface area contributed by atoms with E-state index in [4.69, 9.17) is 0 Å². The minimum absolute atomic E-state index is 0.123. The number of nitrogens with zero attached hydrogens (tertiary/aromatic N) is 4. The van der Waals surface area contributed by atoms with E-state index in [9.17, 15) is 19.2 Å². The van der Waals surface area contributed by atoms with Gasteiger partial charge in [0.15, 0.2) is 0 Å². The summed E-state index contributed by atoms with van der Waals surface area (Å²) in [5, 5.41) is 2.92. The van der Waals surface area contributed by atoms with Crippen LogP contribution in [0.5, 0.6) is 0 Å². The molecule has 1 N–H and O–H groups in total. The standard InChI is InChI=1S/C18H23N5O4/c1-11-10-12(14-15(20-11)21(2)18(27)22(3)17(14)26)16(25)19-7-5-9-23-8-4-6-13(23)24/h10H,4-9H2,1-3H3,(H,19,25). The second kappa shape index (κ2) is 7.34. The van der Waals surface area contributed by atoms with Crippen LogP contribution in [-0.2, 0) is 18.9 Å². The van der Waals surface area contributed by atoms with Crippen LogP contribution >= 0.6 is 0 Å². The summed E-state index contributed by atoms with van der Waals surface area (Å²) in [6.45, 7) is 3.46. The van der Waals surface area contributed by atoms with E-state index >= 15 is 0 Å². The molecule has 0 bridgehead atoms. The van der Waals surface area contributed by atoms with Crippen molar-refractivity contribution in [2.75, 3.05) is 19.6 Å². The van der Waals surface area contributed by atoms with Crippen molar-refractivity contribution in [3.63, 3.8) is 0 Å². The molecule has 9 nitrogen and oxygen atoms in total. The van der Waals surface area contributed by atoms with Crippen LogP contribution in [0.25, 0.3) is 11.0 Å². The topological polar surface area (TPSA) is 106 Å². The summed E-state index contributed by atoms with van der Waals surface area (Å²) in [6, 6.07) is 1.55. The smallest absolute Gasteiger partial charge is 0.332 e. The maximum atomic E-state index is 12.7. The van der Waals surface area contributed by atoms with E-state index < -0.39 is 17.2 Å². The number of amides is 2. The first-order valence-electron chi connectivity index (χ1n) is 8.94. The maximum absolute atomic E-state index is 12.7. The number of aryl methyl sites for hydroxylation is 2. The molecule has 0 atom stereocenters. The Hall–Kier alpha value is -2.97. The Labute approximate surface area is 155 Å². The highest BCUT2D eigenvalue weighted by atomic mass is 16.2. The summed E-state index contributed by atoms with van der Waals surface area (Å²) in [7, 11) is 2.89. The molecule has 0 saturated carbocycles. The molecule has 2 aromatic rings. The number of hydrogen-bond acceptors (Lipinski definition) is 5. The normalized spacial score (nSPS) is 14.2. The first-order chi connectivity index (χ1) is 12.8. The summed E-state index contributed by atoms with van der Waals surface area (Å²) in [5.41, 5.74) is -0.110. The highest BCUT2D eigenvalue weighted by Crippen LogP contribution is 2.14. The Balaban J connectivity index is 1.83. The molecule has 3 rings (SSSR count). The molecule has 0 unspecified atom stereocenters. The number of nitrogens with one attached hydrogen (secondary N) is 1. The van der Waals surface area contributed by atoms with E-state index in [2.05, 4.69) is 10.3 Å². The van der Waals surface area contributed by atoms with E-state index in [1.165, 1.54) is 18.7 Å². The molecule has 0 radical (unpaired) electrons. The molecule has 0 spiro atoms. The molecule has 1 fully saturated rings. The van der Waals surface area contributed by atoms with Crippen LogP contribution in [0, 0.1) is 6.92 Å². The first kappa shape index (κ1) is 18.8. The maximum Gasteiger partial charge on any atom is 0.332 e. The fourth-order valence-corrected chi connectivity index (χ4v) is 3.37. The van der Waals surface area contributed by atoms with Crippen molar-refractivity contribution in [3.05, 3.63) is 38.2 Å². The Morgan fingerprint density at radius 2 is 1.96 bits per heavy atom. The zero-order chi connectivity index (χ0) is 19.7. The number of aromatic nitrogens is 3. The highest BCUT2D eigenvalue weighted by Gasteiger charge is 2.21. The molecular weight excluding hydrogens is 350 g/mol. The minimum Gasteiger partial charge on any atom is -0.352 e. The van der Waals surface area contributed by atoms with Crippen LogP contribution in [0.1, 0.15) is 35.3 Å². The summed E-state index contributed by atoms with van der Waals surface area (Å²) >= 11 is 0. The third-order valence-corrected chi connectivity index (χ3v) is 4.84. The van der Waals surface area contributed by atoms with Gasteiger partial charge in [0, 0.05) is 45.8 Å². The molecule has 9 heteroatoms. The van der Waals surface area contributed by atoms with Gasteiger partial charge in [-0.1, -0.05) is 0 Å². The number of pyridine rings is 1. The van der Waals surface area contributed by atoms with E-state index in [0.29, 0.717) is 31.6 Å². The van der Waals surface area contributed by atoms with Crippen molar-refractivity contribution < 1.29 is 9.59 Å². The average Bonchev–Trinajstić information content (AvgIpc) is 3.05. The van der Waals surface area contributed by atoms with Gasteiger partial charge in [-0.15, -0.1) is 0 Å². The van der Waals surface area contributed by atoms with Crippen molar-refractivity contribution in [1.29, 1.82) is 0 Å². The number of rotatable bonds is 5. The van der Waals surface area contributed by atoms with Gasteiger partial charge in [0.1, 0.15) is 5.65 Å². The minimum atomic E-state index is -0.548. The molecule has 1 aliphatic rings.